The lowest BCUT2D eigenvalue weighted by Gasteiger charge is -2.28. The number of anilines is 2. The number of nitrogens with one attached hydrogen (secondary N) is 2. The van der Waals surface area contributed by atoms with Crippen molar-refractivity contribution in [3.05, 3.63) is 100 Å². The number of thioether (sulfide) groups is 1. The number of hydrogen-bond donors (Lipinski definition) is 2. The van der Waals surface area contributed by atoms with E-state index in [1.807, 2.05) is 62.4 Å². The van der Waals surface area contributed by atoms with Crippen molar-refractivity contribution in [3.8, 4) is 5.75 Å². The molecule has 1 aliphatic heterocycles. The van der Waals surface area contributed by atoms with Gasteiger partial charge in [-0.2, -0.15) is 4.98 Å². The van der Waals surface area contributed by atoms with Crippen molar-refractivity contribution in [3.63, 3.8) is 0 Å². The summed E-state index contributed by atoms with van der Waals surface area (Å²) in [6.45, 7) is 4.38. The predicted molar refractivity (Wildman–Crippen MR) is 146 cm³/mol. The molecule has 2 aromatic carbocycles. The van der Waals surface area contributed by atoms with Gasteiger partial charge in [-0.05, 0) is 55.3 Å². The van der Waals surface area contributed by atoms with Crippen molar-refractivity contribution in [1.29, 1.82) is 0 Å². The van der Waals surface area contributed by atoms with Crippen LogP contribution in [0.25, 0.3) is 0 Å². The van der Waals surface area contributed by atoms with Crippen LogP contribution in [-0.4, -0.2) is 32.3 Å². The number of aromatic nitrogens is 4. The van der Waals surface area contributed by atoms with E-state index in [1.54, 1.807) is 29.2 Å². The second-order valence-corrected chi connectivity index (χ2v) is 9.66. The van der Waals surface area contributed by atoms with E-state index in [0.29, 0.717) is 45.4 Å². The Morgan fingerprint density at radius 3 is 2.70 bits per heavy atom. The maximum atomic E-state index is 13.6. The Kier molecular flexibility index (Phi) is 7.43. The van der Waals surface area contributed by atoms with Crippen molar-refractivity contribution in [2.45, 2.75) is 30.8 Å². The van der Waals surface area contributed by atoms with Gasteiger partial charge in [0.05, 0.1) is 24.1 Å². The molecule has 1 amide bonds. The van der Waals surface area contributed by atoms with Crippen LogP contribution in [0.15, 0.2) is 89.5 Å². The second-order valence-electron chi connectivity index (χ2n) is 8.31. The number of rotatable bonds is 8. The number of carbonyl (C=O) groups excluding carboxylic acids is 1. The van der Waals surface area contributed by atoms with Crippen LogP contribution in [-0.2, 0) is 10.5 Å². The van der Waals surface area contributed by atoms with Crippen LogP contribution in [0.1, 0.15) is 31.0 Å². The molecule has 8 nitrogen and oxygen atoms in total. The fourth-order valence-electron chi connectivity index (χ4n) is 4.10. The molecule has 1 aliphatic rings. The first-order valence-electron chi connectivity index (χ1n) is 11.8. The Balaban J connectivity index is 1.49. The molecule has 10 heteroatoms. The van der Waals surface area contributed by atoms with Crippen LogP contribution in [0.2, 0.25) is 5.02 Å². The molecule has 0 bridgehead atoms. The van der Waals surface area contributed by atoms with Crippen LogP contribution in [0, 0.1) is 0 Å². The minimum atomic E-state index is -0.495. The van der Waals surface area contributed by atoms with E-state index >= 15 is 0 Å². The normalized spacial score (nSPS) is 14.6. The summed E-state index contributed by atoms with van der Waals surface area (Å²) < 4.78 is 7.38. The Hall–Kier alpha value is -3.82. The molecule has 3 heterocycles. The number of fused-ring (bicyclic) bond motifs is 1. The lowest BCUT2D eigenvalue weighted by molar-refractivity contribution is -0.113. The van der Waals surface area contributed by atoms with E-state index in [2.05, 4.69) is 15.6 Å². The van der Waals surface area contributed by atoms with Gasteiger partial charge in [0, 0.05) is 22.7 Å². The Labute approximate surface area is 224 Å². The van der Waals surface area contributed by atoms with Gasteiger partial charge >= 0.3 is 0 Å². The van der Waals surface area contributed by atoms with E-state index in [0.717, 1.165) is 16.9 Å². The lowest BCUT2D eigenvalue weighted by atomic mass is 9.95. The fourth-order valence-corrected chi connectivity index (χ4v) is 5.22. The zero-order valence-corrected chi connectivity index (χ0v) is 21.9. The summed E-state index contributed by atoms with van der Waals surface area (Å²) in [6, 6.07) is 18.5. The Morgan fingerprint density at radius 1 is 1.16 bits per heavy atom. The summed E-state index contributed by atoms with van der Waals surface area (Å²) in [7, 11) is 0. The minimum Gasteiger partial charge on any atom is -0.494 e. The smallest absolute Gasteiger partial charge is 0.255 e. The average molecular weight is 533 g/mol. The molecule has 188 valence electrons. The van der Waals surface area contributed by atoms with E-state index in [1.165, 1.54) is 11.8 Å². The highest BCUT2D eigenvalue weighted by Gasteiger charge is 2.34. The molecule has 0 spiro atoms. The van der Waals surface area contributed by atoms with Crippen molar-refractivity contribution >= 4 is 40.9 Å². The average Bonchev–Trinajstić information content (AvgIpc) is 3.31. The third-order valence-electron chi connectivity index (χ3n) is 5.82. The summed E-state index contributed by atoms with van der Waals surface area (Å²) in [5, 5.41) is 12.3. The molecule has 37 heavy (non-hydrogen) atoms. The highest BCUT2D eigenvalue weighted by molar-refractivity contribution is 7.98. The summed E-state index contributed by atoms with van der Waals surface area (Å²) in [6.07, 6.45) is 3.27. The highest BCUT2D eigenvalue weighted by atomic mass is 35.5. The van der Waals surface area contributed by atoms with Gasteiger partial charge in [-0.25, -0.2) is 4.68 Å². The van der Waals surface area contributed by atoms with E-state index in [-0.39, 0.29) is 5.91 Å². The number of halogens is 1. The van der Waals surface area contributed by atoms with E-state index < -0.39 is 6.04 Å². The lowest BCUT2D eigenvalue weighted by Crippen LogP contribution is -2.31. The van der Waals surface area contributed by atoms with Crippen LogP contribution in [0.3, 0.4) is 0 Å². The minimum absolute atomic E-state index is 0.247. The van der Waals surface area contributed by atoms with Gasteiger partial charge in [0.2, 0.25) is 11.1 Å². The number of benzene rings is 2. The van der Waals surface area contributed by atoms with Crippen molar-refractivity contribution in [2.24, 2.45) is 0 Å². The van der Waals surface area contributed by atoms with E-state index in [4.69, 9.17) is 26.4 Å². The van der Waals surface area contributed by atoms with Gasteiger partial charge in [0.25, 0.3) is 5.91 Å². The maximum absolute atomic E-state index is 13.6. The zero-order chi connectivity index (χ0) is 25.8. The van der Waals surface area contributed by atoms with Gasteiger partial charge in [0.1, 0.15) is 11.8 Å². The molecule has 5 rings (SSSR count). The number of pyridine rings is 1. The number of allylic oxidation sites excluding steroid dienone is 1. The van der Waals surface area contributed by atoms with Crippen LogP contribution >= 0.6 is 23.4 Å². The number of ether oxygens (including phenoxy) is 1. The second kappa shape index (κ2) is 11.1. The summed E-state index contributed by atoms with van der Waals surface area (Å²) in [4.78, 5) is 22.4. The number of nitrogens with zero attached hydrogens (tertiary/aromatic N) is 4. The summed E-state index contributed by atoms with van der Waals surface area (Å²) in [5.41, 5.74) is 3.73. The Morgan fingerprint density at radius 2 is 1.97 bits per heavy atom. The zero-order valence-electron chi connectivity index (χ0n) is 20.3. The molecule has 4 aromatic rings. The topological polar surface area (TPSA) is 94.0 Å². The molecule has 1 atom stereocenters. The van der Waals surface area contributed by atoms with E-state index in [9.17, 15) is 4.79 Å². The molecular formula is C27H25ClN6O2S. The van der Waals surface area contributed by atoms with Gasteiger partial charge in [-0.15, -0.1) is 5.10 Å². The third kappa shape index (κ3) is 5.47. The number of amides is 1. The standard InChI is InChI=1S/C27H25ClN6O2S/c1-3-36-21-12-10-18(11-13-21)24-23(25(35)31-20-8-6-14-29-15-20)17(2)30-26-32-27(33-34(24)26)37-16-19-7-4-5-9-22(19)28/h4-15,24H,3,16H2,1-2H3,(H,31,35)(H,30,32,33)/t24-/m0/s1. The number of hydrogen-bond acceptors (Lipinski definition) is 7. The van der Waals surface area contributed by atoms with Gasteiger partial charge in [-0.1, -0.05) is 53.7 Å². The summed E-state index contributed by atoms with van der Waals surface area (Å²) >= 11 is 7.82. The molecule has 0 aliphatic carbocycles. The molecule has 2 aromatic heterocycles. The quantitative estimate of drug-likeness (QED) is 0.271. The monoisotopic (exact) mass is 532 g/mol. The maximum Gasteiger partial charge on any atom is 0.255 e. The third-order valence-corrected chi connectivity index (χ3v) is 7.07. The Bertz CT molecular complexity index is 1440. The number of carbonyl (C=O) groups is 1. The molecule has 0 saturated heterocycles. The largest absolute Gasteiger partial charge is 0.494 e. The van der Waals surface area contributed by atoms with Crippen LogP contribution in [0.5, 0.6) is 5.75 Å². The van der Waals surface area contributed by atoms with Crippen LogP contribution in [0.4, 0.5) is 11.6 Å². The predicted octanol–water partition coefficient (Wildman–Crippen LogP) is 5.95. The molecule has 0 saturated carbocycles. The first-order chi connectivity index (χ1) is 18.0. The van der Waals surface area contributed by atoms with Gasteiger partial charge in [-0.3, -0.25) is 9.78 Å². The van der Waals surface area contributed by atoms with Gasteiger partial charge < -0.3 is 15.4 Å². The molecule has 0 unspecified atom stereocenters. The van der Waals surface area contributed by atoms with Crippen molar-refractivity contribution < 1.29 is 9.53 Å². The SMILES string of the molecule is CCOc1ccc([C@H]2C(C(=O)Nc3cccnc3)=C(C)Nc3nc(SCc4ccccc4Cl)nn32)cc1. The summed E-state index contributed by atoms with van der Waals surface area (Å²) in [5.74, 6) is 1.70. The van der Waals surface area contributed by atoms with Crippen molar-refractivity contribution in [2.75, 3.05) is 17.2 Å². The first kappa shape index (κ1) is 24.9. The molecule has 0 fully saturated rings. The first-order valence-corrected chi connectivity index (χ1v) is 13.1. The van der Waals surface area contributed by atoms with Gasteiger partial charge in [0.15, 0.2) is 0 Å². The molecule has 0 radical (unpaired) electrons. The highest BCUT2D eigenvalue weighted by Crippen LogP contribution is 2.37. The fraction of sp³-hybridized carbons (Fsp3) is 0.185. The van der Waals surface area contributed by atoms with Crippen LogP contribution < -0.4 is 15.4 Å². The molecular weight excluding hydrogens is 508 g/mol. The molecule has 2 N–H and O–H groups in total. The van der Waals surface area contributed by atoms with Crippen molar-refractivity contribution in [1.82, 2.24) is 19.7 Å².